The van der Waals surface area contributed by atoms with E-state index in [9.17, 15) is 13.2 Å². The Bertz CT molecular complexity index is 630. The molecule has 7 heteroatoms. The van der Waals surface area contributed by atoms with E-state index in [1.807, 2.05) is 23.1 Å². The summed E-state index contributed by atoms with van der Waals surface area (Å²) < 4.78 is 38.1. The molecule has 1 aliphatic rings. The van der Waals surface area contributed by atoms with Gasteiger partial charge in [0.05, 0.1) is 0 Å². The zero-order valence-electron chi connectivity index (χ0n) is 11.8. The molecule has 1 unspecified atom stereocenters. The van der Waals surface area contributed by atoms with Gasteiger partial charge in [0.15, 0.2) is 0 Å². The molecule has 0 saturated carbocycles. The highest BCUT2D eigenvalue weighted by Gasteiger charge is 2.34. The summed E-state index contributed by atoms with van der Waals surface area (Å²) in [7, 11) is 0. The molecule has 1 saturated heterocycles. The Kier molecular flexibility index (Phi) is 3.96. The van der Waals surface area contributed by atoms with Crippen LogP contribution >= 0.6 is 0 Å². The molecular weight excluding hydrogens is 293 g/mol. The molecule has 116 valence electrons. The average Bonchev–Trinajstić information content (AvgIpc) is 2.96. The van der Waals surface area contributed by atoms with E-state index >= 15 is 0 Å². The first-order valence-corrected chi connectivity index (χ1v) is 7.06. The van der Waals surface area contributed by atoms with Crippen LogP contribution in [0.3, 0.4) is 0 Å². The molecule has 3 heterocycles. The van der Waals surface area contributed by atoms with Crippen LogP contribution in [0.2, 0.25) is 0 Å². The highest BCUT2D eigenvalue weighted by molar-refractivity contribution is 5.40. The van der Waals surface area contributed by atoms with Gasteiger partial charge in [-0.15, -0.1) is 0 Å². The Balaban J connectivity index is 1.68. The van der Waals surface area contributed by atoms with Crippen molar-refractivity contribution < 1.29 is 13.2 Å². The summed E-state index contributed by atoms with van der Waals surface area (Å²) >= 11 is 0. The minimum absolute atomic E-state index is 0.339. The zero-order chi connectivity index (χ0) is 15.6. The Morgan fingerprint density at radius 3 is 2.77 bits per heavy atom. The molecule has 22 heavy (non-hydrogen) atoms. The fourth-order valence-electron chi connectivity index (χ4n) is 2.70. The minimum atomic E-state index is -4.44. The molecule has 0 N–H and O–H groups in total. The molecule has 0 bridgehead atoms. The van der Waals surface area contributed by atoms with Gasteiger partial charge in [-0.2, -0.15) is 13.2 Å². The van der Waals surface area contributed by atoms with E-state index in [1.54, 1.807) is 6.20 Å². The van der Waals surface area contributed by atoms with Crippen LogP contribution in [-0.2, 0) is 12.6 Å². The summed E-state index contributed by atoms with van der Waals surface area (Å²) in [5, 5.41) is 0. The monoisotopic (exact) mass is 308 g/mol. The first-order valence-electron chi connectivity index (χ1n) is 7.06. The van der Waals surface area contributed by atoms with Crippen molar-refractivity contribution in [3.05, 3.63) is 48.2 Å². The molecule has 1 aliphatic heterocycles. The molecule has 1 atom stereocenters. The summed E-state index contributed by atoms with van der Waals surface area (Å²) in [6, 6.07) is 6.79. The second-order valence-electron chi connectivity index (χ2n) is 5.39. The lowest BCUT2D eigenvalue weighted by Crippen LogP contribution is -2.22. The van der Waals surface area contributed by atoms with E-state index < -0.39 is 11.9 Å². The lowest BCUT2D eigenvalue weighted by molar-refractivity contribution is -0.141. The Labute approximate surface area is 126 Å². The van der Waals surface area contributed by atoms with Crippen molar-refractivity contribution in [1.82, 2.24) is 15.0 Å². The minimum Gasteiger partial charge on any atom is -0.356 e. The number of anilines is 1. The van der Waals surface area contributed by atoms with E-state index in [0.717, 1.165) is 30.9 Å². The van der Waals surface area contributed by atoms with Gasteiger partial charge in [0.2, 0.25) is 0 Å². The quantitative estimate of drug-likeness (QED) is 0.874. The van der Waals surface area contributed by atoms with Crippen LogP contribution in [-0.4, -0.2) is 28.0 Å². The van der Waals surface area contributed by atoms with Gasteiger partial charge in [-0.1, -0.05) is 6.07 Å². The predicted molar refractivity (Wildman–Crippen MR) is 75.3 cm³/mol. The number of pyridine rings is 1. The van der Waals surface area contributed by atoms with Crippen LogP contribution in [0.1, 0.15) is 17.8 Å². The number of alkyl halides is 3. The van der Waals surface area contributed by atoms with Crippen molar-refractivity contribution in [3.8, 4) is 0 Å². The van der Waals surface area contributed by atoms with Crippen LogP contribution < -0.4 is 4.90 Å². The van der Waals surface area contributed by atoms with Crippen molar-refractivity contribution in [2.45, 2.75) is 19.0 Å². The highest BCUT2D eigenvalue weighted by Crippen LogP contribution is 2.30. The first-order chi connectivity index (χ1) is 10.5. The van der Waals surface area contributed by atoms with Gasteiger partial charge in [-0.3, -0.25) is 4.98 Å². The van der Waals surface area contributed by atoms with E-state index in [0.29, 0.717) is 24.8 Å². The van der Waals surface area contributed by atoms with Crippen molar-refractivity contribution in [2.75, 3.05) is 18.0 Å². The standard InChI is InChI=1S/C15H15F3N4/c16-15(17,18)13-8-14(21-10-20-13)22-6-4-11(9-22)7-12-3-1-2-5-19-12/h1-3,5,8,10-11H,4,6-7,9H2. The summed E-state index contributed by atoms with van der Waals surface area (Å²) in [6.45, 7) is 1.39. The van der Waals surface area contributed by atoms with E-state index in [-0.39, 0.29) is 0 Å². The van der Waals surface area contributed by atoms with Crippen LogP contribution in [0.15, 0.2) is 36.8 Å². The molecule has 0 aliphatic carbocycles. The molecule has 0 radical (unpaired) electrons. The van der Waals surface area contributed by atoms with Gasteiger partial charge in [-0.25, -0.2) is 9.97 Å². The van der Waals surface area contributed by atoms with Crippen LogP contribution in [0.4, 0.5) is 19.0 Å². The van der Waals surface area contributed by atoms with Crippen molar-refractivity contribution in [1.29, 1.82) is 0 Å². The molecule has 0 spiro atoms. The summed E-state index contributed by atoms with van der Waals surface area (Å²) in [4.78, 5) is 13.4. The summed E-state index contributed by atoms with van der Waals surface area (Å²) in [5.74, 6) is 0.713. The predicted octanol–water partition coefficient (Wildman–Crippen LogP) is 2.96. The number of aromatic nitrogens is 3. The Morgan fingerprint density at radius 1 is 1.18 bits per heavy atom. The Morgan fingerprint density at radius 2 is 2.05 bits per heavy atom. The average molecular weight is 308 g/mol. The van der Waals surface area contributed by atoms with Crippen molar-refractivity contribution in [3.63, 3.8) is 0 Å². The van der Waals surface area contributed by atoms with Gasteiger partial charge in [0.1, 0.15) is 17.8 Å². The SMILES string of the molecule is FC(F)(F)c1cc(N2CCC(Cc3ccccn3)C2)ncn1. The number of nitrogens with zero attached hydrogens (tertiary/aromatic N) is 4. The second-order valence-corrected chi connectivity index (χ2v) is 5.39. The van der Waals surface area contributed by atoms with Crippen molar-refractivity contribution >= 4 is 5.82 Å². The molecule has 3 rings (SSSR count). The van der Waals surface area contributed by atoms with Gasteiger partial charge in [-0.05, 0) is 30.9 Å². The third kappa shape index (κ3) is 3.35. The topological polar surface area (TPSA) is 41.9 Å². The molecule has 0 aromatic carbocycles. The van der Waals surface area contributed by atoms with Crippen LogP contribution in [0.5, 0.6) is 0 Å². The normalized spacial score (nSPS) is 18.7. The maximum absolute atomic E-state index is 12.7. The molecule has 1 fully saturated rings. The largest absolute Gasteiger partial charge is 0.433 e. The third-order valence-corrected chi connectivity index (χ3v) is 3.78. The maximum Gasteiger partial charge on any atom is 0.433 e. The zero-order valence-corrected chi connectivity index (χ0v) is 11.8. The van der Waals surface area contributed by atoms with Crippen LogP contribution in [0, 0.1) is 5.92 Å². The van der Waals surface area contributed by atoms with Gasteiger partial charge >= 0.3 is 6.18 Å². The van der Waals surface area contributed by atoms with E-state index in [4.69, 9.17) is 0 Å². The molecule has 2 aromatic rings. The van der Waals surface area contributed by atoms with E-state index in [1.165, 1.54) is 0 Å². The van der Waals surface area contributed by atoms with Gasteiger partial charge < -0.3 is 4.90 Å². The Hall–Kier alpha value is -2.18. The maximum atomic E-state index is 12.7. The smallest absolute Gasteiger partial charge is 0.356 e. The first kappa shape index (κ1) is 14.7. The summed E-state index contributed by atoms with van der Waals surface area (Å²) in [5.41, 5.74) is 0.110. The van der Waals surface area contributed by atoms with Crippen LogP contribution in [0.25, 0.3) is 0 Å². The number of halogens is 3. The molecule has 0 amide bonds. The van der Waals surface area contributed by atoms with Crippen molar-refractivity contribution in [2.24, 2.45) is 5.92 Å². The number of hydrogen-bond acceptors (Lipinski definition) is 4. The van der Waals surface area contributed by atoms with Gasteiger partial charge in [0.25, 0.3) is 0 Å². The lowest BCUT2D eigenvalue weighted by atomic mass is 10.0. The highest BCUT2D eigenvalue weighted by atomic mass is 19.4. The second kappa shape index (κ2) is 5.90. The molecular formula is C15H15F3N4. The fourth-order valence-corrected chi connectivity index (χ4v) is 2.70. The summed E-state index contributed by atoms with van der Waals surface area (Å²) in [6.07, 6.45) is 0.0353. The lowest BCUT2D eigenvalue weighted by Gasteiger charge is -2.18. The fraction of sp³-hybridized carbons (Fsp3) is 0.400. The molecule has 2 aromatic heterocycles. The number of hydrogen-bond donors (Lipinski definition) is 0. The number of rotatable bonds is 3. The molecule has 4 nitrogen and oxygen atoms in total. The third-order valence-electron chi connectivity index (χ3n) is 3.78. The van der Waals surface area contributed by atoms with E-state index in [2.05, 4.69) is 15.0 Å². The van der Waals surface area contributed by atoms with Gasteiger partial charge in [0, 0.05) is 31.0 Å².